The van der Waals surface area contributed by atoms with Crippen molar-refractivity contribution < 1.29 is 9.47 Å². The van der Waals surface area contributed by atoms with E-state index < -0.39 is 0 Å². The molecule has 142 valence electrons. The highest BCUT2D eigenvalue weighted by Gasteiger charge is 2.00. The number of hydrogen-bond acceptors (Lipinski definition) is 3. The first-order chi connectivity index (χ1) is 12.8. The summed E-state index contributed by atoms with van der Waals surface area (Å²) >= 11 is 0. The molecule has 2 aromatic carbocycles. The van der Waals surface area contributed by atoms with Gasteiger partial charge in [-0.05, 0) is 42.7 Å². The van der Waals surface area contributed by atoms with Crippen LogP contribution in [0.5, 0.6) is 11.5 Å². The summed E-state index contributed by atoms with van der Waals surface area (Å²) in [7, 11) is 0. The topological polar surface area (TPSA) is 30.5 Å². The fraction of sp³-hybridized carbons (Fsp3) is 0.478. The molecular weight excluding hydrogens is 322 g/mol. The molecule has 0 aliphatic carbocycles. The molecule has 0 saturated heterocycles. The summed E-state index contributed by atoms with van der Waals surface area (Å²) in [5.41, 5.74) is 2.29. The van der Waals surface area contributed by atoms with E-state index in [9.17, 15) is 0 Å². The molecule has 0 fully saturated rings. The predicted octanol–water partition coefficient (Wildman–Crippen LogP) is 6.44. The van der Waals surface area contributed by atoms with Gasteiger partial charge < -0.3 is 14.8 Å². The average Bonchev–Trinajstić information content (AvgIpc) is 2.68. The van der Waals surface area contributed by atoms with Crippen molar-refractivity contribution in [3.05, 3.63) is 54.1 Å². The minimum absolute atomic E-state index is 0.759. The Morgan fingerprint density at radius 3 is 2.27 bits per heavy atom. The molecule has 0 bridgehead atoms. The van der Waals surface area contributed by atoms with E-state index in [-0.39, 0.29) is 0 Å². The second-order valence-corrected chi connectivity index (χ2v) is 6.64. The SMILES string of the molecule is CCCCCCCOc1cccc(NCc2cccc(OCCC)c2)c1. The van der Waals surface area contributed by atoms with Crippen molar-refractivity contribution in [2.24, 2.45) is 0 Å². The Kier molecular flexibility index (Phi) is 9.48. The van der Waals surface area contributed by atoms with Gasteiger partial charge in [0, 0.05) is 18.3 Å². The third kappa shape index (κ3) is 7.81. The molecule has 2 aromatic rings. The Morgan fingerprint density at radius 2 is 1.46 bits per heavy atom. The monoisotopic (exact) mass is 355 g/mol. The van der Waals surface area contributed by atoms with Gasteiger partial charge in [-0.15, -0.1) is 0 Å². The summed E-state index contributed by atoms with van der Waals surface area (Å²) in [5.74, 6) is 1.87. The largest absolute Gasteiger partial charge is 0.494 e. The zero-order valence-electron chi connectivity index (χ0n) is 16.3. The first kappa shape index (κ1) is 20.2. The molecule has 0 aliphatic heterocycles. The van der Waals surface area contributed by atoms with E-state index in [1.807, 2.05) is 24.3 Å². The number of benzene rings is 2. The smallest absolute Gasteiger partial charge is 0.121 e. The number of unbranched alkanes of at least 4 members (excludes halogenated alkanes) is 4. The van der Waals surface area contributed by atoms with E-state index in [2.05, 4.69) is 43.4 Å². The van der Waals surface area contributed by atoms with Gasteiger partial charge in [-0.2, -0.15) is 0 Å². The first-order valence-electron chi connectivity index (χ1n) is 10.00. The molecular formula is C23H33NO2. The van der Waals surface area contributed by atoms with Crippen molar-refractivity contribution in [3.8, 4) is 11.5 Å². The van der Waals surface area contributed by atoms with Crippen molar-refractivity contribution in [1.82, 2.24) is 0 Å². The van der Waals surface area contributed by atoms with Crippen molar-refractivity contribution in [1.29, 1.82) is 0 Å². The lowest BCUT2D eigenvalue weighted by atomic mass is 10.2. The van der Waals surface area contributed by atoms with Crippen LogP contribution in [0.4, 0.5) is 5.69 Å². The van der Waals surface area contributed by atoms with Gasteiger partial charge in [0.25, 0.3) is 0 Å². The maximum atomic E-state index is 5.88. The summed E-state index contributed by atoms with van der Waals surface area (Å²) < 4.78 is 11.6. The molecule has 0 saturated carbocycles. The molecule has 0 heterocycles. The Bertz CT molecular complexity index is 627. The van der Waals surface area contributed by atoms with Gasteiger partial charge >= 0.3 is 0 Å². The van der Waals surface area contributed by atoms with E-state index in [4.69, 9.17) is 9.47 Å². The maximum absolute atomic E-state index is 5.88. The Hall–Kier alpha value is -2.16. The van der Waals surface area contributed by atoms with Gasteiger partial charge in [0.15, 0.2) is 0 Å². The average molecular weight is 356 g/mol. The van der Waals surface area contributed by atoms with Crippen LogP contribution in [-0.2, 0) is 6.54 Å². The molecule has 0 radical (unpaired) electrons. The van der Waals surface area contributed by atoms with Crippen molar-refractivity contribution in [2.45, 2.75) is 58.9 Å². The molecule has 0 atom stereocenters. The highest BCUT2D eigenvalue weighted by molar-refractivity contribution is 5.48. The van der Waals surface area contributed by atoms with Crippen molar-refractivity contribution >= 4 is 5.69 Å². The van der Waals surface area contributed by atoms with Gasteiger partial charge in [-0.25, -0.2) is 0 Å². The lowest BCUT2D eigenvalue weighted by Crippen LogP contribution is -2.02. The fourth-order valence-electron chi connectivity index (χ4n) is 2.76. The van der Waals surface area contributed by atoms with Crippen LogP contribution < -0.4 is 14.8 Å². The van der Waals surface area contributed by atoms with Crippen LogP contribution in [0.25, 0.3) is 0 Å². The number of ether oxygens (including phenoxy) is 2. The van der Waals surface area contributed by atoms with Crippen LogP contribution in [-0.4, -0.2) is 13.2 Å². The van der Waals surface area contributed by atoms with Crippen LogP contribution in [0.2, 0.25) is 0 Å². The van der Waals surface area contributed by atoms with Crippen LogP contribution in [0.3, 0.4) is 0 Å². The molecule has 0 unspecified atom stereocenters. The van der Waals surface area contributed by atoms with Gasteiger partial charge in [0.2, 0.25) is 0 Å². The molecule has 2 rings (SSSR count). The first-order valence-corrected chi connectivity index (χ1v) is 10.00. The van der Waals surface area contributed by atoms with E-state index in [1.165, 1.54) is 31.2 Å². The summed E-state index contributed by atoms with van der Waals surface area (Å²) in [6.45, 7) is 6.68. The molecule has 0 aromatic heterocycles. The second-order valence-electron chi connectivity index (χ2n) is 6.64. The van der Waals surface area contributed by atoms with E-state index >= 15 is 0 Å². The predicted molar refractivity (Wildman–Crippen MR) is 110 cm³/mol. The van der Waals surface area contributed by atoms with Crippen LogP contribution in [0.15, 0.2) is 48.5 Å². The third-order valence-electron chi connectivity index (χ3n) is 4.22. The third-order valence-corrected chi connectivity index (χ3v) is 4.22. The Balaban J connectivity index is 1.77. The zero-order chi connectivity index (χ0) is 18.5. The van der Waals surface area contributed by atoms with E-state index in [0.29, 0.717) is 0 Å². The van der Waals surface area contributed by atoms with Crippen LogP contribution >= 0.6 is 0 Å². The van der Waals surface area contributed by atoms with E-state index in [0.717, 1.165) is 49.8 Å². The molecule has 0 spiro atoms. The fourth-order valence-corrected chi connectivity index (χ4v) is 2.76. The lowest BCUT2D eigenvalue weighted by Gasteiger charge is -2.11. The number of anilines is 1. The van der Waals surface area contributed by atoms with Gasteiger partial charge in [0.05, 0.1) is 13.2 Å². The minimum Gasteiger partial charge on any atom is -0.494 e. The van der Waals surface area contributed by atoms with E-state index in [1.54, 1.807) is 0 Å². The normalized spacial score (nSPS) is 10.5. The Morgan fingerprint density at radius 1 is 0.731 bits per heavy atom. The van der Waals surface area contributed by atoms with Crippen molar-refractivity contribution in [3.63, 3.8) is 0 Å². The minimum atomic E-state index is 0.759. The van der Waals surface area contributed by atoms with Gasteiger partial charge in [-0.3, -0.25) is 0 Å². The molecule has 1 N–H and O–H groups in total. The number of rotatable bonds is 13. The Labute approximate surface area is 158 Å². The number of nitrogens with one attached hydrogen (secondary N) is 1. The molecule has 3 nitrogen and oxygen atoms in total. The number of hydrogen-bond donors (Lipinski definition) is 1. The maximum Gasteiger partial charge on any atom is 0.121 e. The van der Waals surface area contributed by atoms with Crippen LogP contribution in [0.1, 0.15) is 57.9 Å². The highest BCUT2D eigenvalue weighted by atomic mass is 16.5. The lowest BCUT2D eigenvalue weighted by molar-refractivity contribution is 0.304. The quantitative estimate of drug-likeness (QED) is 0.420. The summed E-state index contributed by atoms with van der Waals surface area (Å²) in [5, 5.41) is 3.47. The van der Waals surface area contributed by atoms with Gasteiger partial charge in [0.1, 0.15) is 11.5 Å². The summed E-state index contributed by atoms with van der Waals surface area (Å²) in [6.07, 6.45) is 7.31. The summed E-state index contributed by atoms with van der Waals surface area (Å²) in [6, 6.07) is 16.5. The van der Waals surface area contributed by atoms with Crippen LogP contribution in [0, 0.1) is 0 Å². The molecule has 26 heavy (non-hydrogen) atoms. The molecule has 3 heteroatoms. The summed E-state index contributed by atoms with van der Waals surface area (Å²) in [4.78, 5) is 0. The molecule has 0 aliphatic rings. The molecule has 0 amide bonds. The van der Waals surface area contributed by atoms with Crippen molar-refractivity contribution in [2.75, 3.05) is 18.5 Å². The van der Waals surface area contributed by atoms with Gasteiger partial charge in [-0.1, -0.05) is 57.7 Å². The second kappa shape index (κ2) is 12.2. The zero-order valence-corrected chi connectivity index (χ0v) is 16.3. The highest BCUT2D eigenvalue weighted by Crippen LogP contribution is 2.20. The standard InChI is InChI=1S/C23H33NO2/c1-3-5-6-7-8-16-26-23-14-10-12-21(18-23)24-19-20-11-9-13-22(17-20)25-15-4-2/h9-14,17-18,24H,3-8,15-16,19H2,1-2H3.